The Morgan fingerprint density at radius 3 is 2.50 bits per heavy atom. The highest BCUT2D eigenvalue weighted by Crippen LogP contribution is 2.04. The van der Waals surface area contributed by atoms with Crippen molar-refractivity contribution in [2.45, 2.75) is 39.2 Å². The zero-order valence-corrected chi connectivity index (χ0v) is 12.1. The molecule has 0 saturated heterocycles. The Balaban J connectivity index is 2.07. The molecule has 0 aliphatic heterocycles. The number of ketones is 1. The van der Waals surface area contributed by atoms with E-state index in [2.05, 4.69) is 17.6 Å². The van der Waals surface area contributed by atoms with E-state index in [0.717, 1.165) is 12.0 Å². The highest BCUT2D eigenvalue weighted by Gasteiger charge is 2.15. The molecular formula is C18H22NO+. The van der Waals surface area contributed by atoms with Crippen LogP contribution in [-0.2, 0) is 13.0 Å². The quantitative estimate of drug-likeness (QED) is 0.427. The molecule has 1 aromatic heterocycles. The molecule has 0 aliphatic rings. The van der Waals surface area contributed by atoms with Crippen molar-refractivity contribution in [2.24, 2.45) is 0 Å². The lowest BCUT2D eigenvalue weighted by atomic mass is 10.1. The highest BCUT2D eigenvalue weighted by molar-refractivity contribution is 5.94. The Kier molecular flexibility index (Phi) is 5.48. The van der Waals surface area contributed by atoms with E-state index >= 15 is 0 Å². The van der Waals surface area contributed by atoms with E-state index in [4.69, 9.17) is 0 Å². The van der Waals surface area contributed by atoms with Crippen LogP contribution >= 0.6 is 0 Å². The zero-order chi connectivity index (χ0) is 14.2. The molecular weight excluding hydrogens is 246 g/mol. The molecule has 104 valence electrons. The van der Waals surface area contributed by atoms with Gasteiger partial charge in [-0.05, 0) is 6.42 Å². The first-order valence-electron chi connectivity index (χ1n) is 7.37. The van der Waals surface area contributed by atoms with Gasteiger partial charge in [0.05, 0.1) is 0 Å². The van der Waals surface area contributed by atoms with Gasteiger partial charge in [-0.25, -0.2) is 0 Å². The van der Waals surface area contributed by atoms with Crippen LogP contribution in [0.2, 0.25) is 0 Å². The Morgan fingerprint density at radius 1 is 1.00 bits per heavy atom. The molecule has 0 N–H and O–H groups in total. The Hall–Kier alpha value is -1.96. The SMILES string of the molecule is CCCCCc1cccc[n+]1CC(=O)c1ccccc1. The summed E-state index contributed by atoms with van der Waals surface area (Å²) in [6.07, 6.45) is 6.68. The first-order valence-corrected chi connectivity index (χ1v) is 7.37. The summed E-state index contributed by atoms with van der Waals surface area (Å²) in [6, 6.07) is 15.7. The molecule has 2 nitrogen and oxygen atoms in total. The largest absolute Gasteiger partial charge is 0.287 e. The average Bonchev–Trinajstić information content (AvgIpc) is 2.50. The Bertz CT molecular complexity index is 548. The molecule has 0 amide bonds. The van der Waals surface area contributed by atoms with Crippen molar-refractivity contribution in [3.63, 3.8) is 0 Å². The summed E-state index contributed by atoms with van der Waals surface area (Å²) in [4.78, 5) is 12.3. The minimum Gasteiger partial charge on any atom is -0.287 e. The number of rotatable bonds is 7. The Labute approximate surface area is 121 Å². The number of hydrogen-bond donors (Lipinski definition) is 0. The minimum atomic E-state index is 0.165. The molecule has 0 saturated carbocycles. The molecule has 0 bridgehead atoms. The first kappa shape index (κ1) is 14.4. The van der Waals surface area contributed by atoms with E-state index in [1.807, 2.05) is 48.7 Å². The van der Waals surface area contributed by atoms with Crippen molar-refractivity contribution in [3.05, 3.63) is 66.0 Å². The molecule has 0 aliphatic carbocycles. The molecule has 0 atom stereocenters. The van der Waals surface area contributed by atoms with Crippen molar-refractivity contribution in [2.75, 3.05) is 0 Å². The van der Waals surface area contributed by atoms with Gasteiger partial charge in [-0.15, -0.1) is 0 Å². The van der Waals surface area contributed by atoms with E-state index in [0.29, 0.717) is 6.54 Å². The van der Waals surface area contributed by atoms with E-state index in [1.165, 1.54) is 25.0 Å². The van der Waals surface area contributed by atoms with Crippen molar-refractivity contribution in [1.82, 2.24) is 0 Å². The second-order valence-electron chi connectivity index (χ2n) is 5.07. The third-order valence-electron chi connectivity index (χ3n) is 3.48. The molecule has 1 heterocycles. The number of carbonyl (C=O) groups is 1. The van der Waals surface area contributed by atoms with Gasteiger partial charge in [0, 0.05) is 24.1 Å². The minimum absolute atomic E-state index is 0.165. The maximum Gasteiger partial charge on any atom is 0.227 e. The molecule has 2 aromatic rings. The standard InChI is InChI=1S/C18H22NO/c1-2-3-5-12-17-13-8-9-14-19(17)15-18(20)16-10-6-4-7-11-16/h4,6-11,13-14H,2-3,5,12,15H2,1H3/q+1. The van der Waals surface area contributed by atoms with Crippen LogP contribution < -0.4 is 4.57 Å². The summed E-state index contributed by atoms with van der Waals surface area (Å²) in [7, 11) is 0. The van der Waals surface area contributed by atoms with Gasteiger partial charge in [0.15, 0.2) is 11.9 Å². The van der Waals surface area contributed by atoms with Crippen LogP contribution in [-0.4, -0.2) is 5.78 Å². The second kappa shape index (κ2) is 7.59. The van der Waals surface area contributed by atoms with Gasteiger partial charge in [0.25, 0.3) is 0 Å². The zero-order valence-electron chi connectivity index (χ0n) is 12.1. The topological polar surface area (TPSA) is 20.9 Å². The predicted octanol–water partition coefficient (Wildman–Crippen LogP) is 3.59. The normalized spacial score (nSPS) is 10.4. The highest BCUT2D eigenvalue weighted by atomic mass is 16.1. The summed E-state index contributed by atoms with van der Waals surface area (Å²) < 4.78 is 2.07. The van der Waals surface area contributed by atoms with Crippen LogP contribution in [0.3, 0.4) is 0 Å². The third kappa shape index (κ3) is 4.02. The fourth-order valence-electron chi connectivity index (χ4n) is 2.32. The molecule has 20 heavy (non-hydrogen) atoms. The van der Waals surface area contributed by atoms with Gasteiger partial charge in [-0.1, -0.05) is 56.2 Å². The van der Waals surface area contributed by atoms with Crippen molar-refractivity contribution in [3.8, 4) is 0 Å². The van der Waals surface area contributed by atoms with Crippen molar-refractivity contribution < 1.29 is 9.36 Å². The summed E-state index contributed by atoms with van der Waals surface area (Å²) in [5.41, 5.74) is 2.02. The number of aromatic nitrogens is 1. The van der Waals surface area contributed by atoms with E-state index < -0.39 is 0 Å². The second-order valence-corrected chi connectivity index (χ2v) is 5.07. The Morgan fingerprint density at radius 2 is 1.75 bits per heavy atom. The van der Waals surface area contributed by atoms with Gasteiger partial charge >= 0.3 is 0 Å². The fourth-order valence-corrected chi connectivity index (χ4v) is 2.32. The number of aryl methyl sites for hydroxylation is 1. The summed E-state index contributed by atoms with van der Waals surface area (Å²) in [5.74, 6) is 0.165. The number of hydrogen-bond acceptors (Lipinski definition) is 1. The monoisotopic (exact) mass is 268 g/mol. The number of Topliss-reactive ketones (excluding diaryl/α,β-unsaturated/α-hetero) is 1. The van der Waals surface area contributed by atoms with E-state index in [1.54, 1.807) is 0 Å². The summed E-state index contributed by atoms with van der Waals surface area (Å²) in [5, 5.41) is 0. The lowest BCUT2D eigenvalue weighted by molar-refractivity contribution is -0.690. The first-order chi connectivity index (χ1) is 9.81. The van der Waals surface area contributed by atoms with Crippen molar-refractivity contribution in [1.29, 1.82) is 0 Å². The number of benzene rings is 1. The maximum absolute atomic E-state index is 12.3. The number of nitrogens with zero attached hydrogens (tertiary/aromatic N) is 1. The molecule has 0 spiro atoms. The maximum atomic E-state index is 12.3. The van der Waals surface area contributed by atoms with Crippen LogP contribution in [0, 0.1) is 0 Å². The van der Waals surface area contributed by atoms with Crippen LogP contribution in [0.15, 0.2) is 54.7 Å². The van der Waals surface area contributed by atoms with Crippen molar-refractivity contribution >= 4 is 5.78 Å². The third-order valence-corrected chi connectivity index (χ3v) is 3.48. The number of carbonyl (C=O) groups excluding carboxylic acids is 1. The molecule has 0 fully saturated rings. The van der Waals surface area contributed by atoms with Crippen LogP contribution in [0.1, 0.15) is 42.2 Å². The molecule has 0 unspecified atom stereocenters. The van der Waals surface area contributed by atoms with Crippen LogP contribution in [0.5, 0.6) is 0 Å². The average molecular weight is 268 g/mol. The molecule has 2 heteroatoms. The smallest absolute Gasteiger partial charge is 0.227 e. The molecule has 2 rings (SSSR count). The van der Waals surface area contributed by atoms with Crippen LogP contribution in [0.25, 0.3) is 0 Å². The lowest BCUT2D eigenvalue weighted by Crippen LogP contribution is -2.41. The van der Waals surface area contributed by atoms with Gasteiger partial charge in [0.1, 0.15) is 0 Å². The predicted molar refractivity (Wildman–Crippen MR) is 80.6 cm³/mol. The fraction of sp³-hybridized carbons (Fsp3) is 0.333. The summed E-state index contributed by atoms with van der Waals surface area (Å²) in [6.45, 7) is 2.63. The van der Waals surface area contributed by atoms with E-state index in [9.17, 15) is 4.79 Å². The van der Waals surface area contributed by atoms with Gasteiger partial charge in [-0.2, -0.15) is 4.57 Å². The molecule has 0 radical (unpaired) electrons. The lowest BCUT2D eigenvalue weighted by Gasteiger charge is -2.03. The molecule has 1 aromatic carbocycles. The van der Waals surface area contributed by atoms with Gasteiger partial charge in [0.2, 0.25) is 12.3 Å². The van der Waals surface area contributed by atoms with E-state index in [-0.39, 0.29) is 5.78 Å². The number of pyridine rings is 1. The number of unbranched alkanes of at least 4 members (excludes halogenated alkanes) is 2. The van der Waals surface area contributed by atoms with Gasteiger partial charge in [-0.3, -0.25) is 4.79 Å². The summed E-state index contributed by atoms with van der Waals surface area (Å²) >= 11 is 0. The van der Waals surface area contributed by atoms with Gasteiger partial charge < -0.3 is 0 Å². The van der Waals surface area contributed by atoms with Crippen LogP contribution in [0.4, 0.5) is 0 Å².